The summed E-state index contributed by atoms with van der Waals surface area (Å²) in [5, 5.41) is 9.73. The number of ether oxygens (including phenoxy) is 2. The number of esters is 1. The largest absolute Gasteiger partial charge is 0.494 e. The lowest BCUT2D eigenvalue weighted by molar-refractivity contribution is -0.909. The third-order valence-corrected chi connectivity index (χ3v) is 5.69. The molecule has 34 heavy (non-hydrogen) atoms. The second-order valence-corrected chi connectivity index (χ2v) is 8.26. The average molecular weight is 481 g/mol. The van der Waals surface area contributed by atoms with Crippen LogP contribution in [0, 0.1) is 5.92 Å². The number of alkyl halides is 3. The summed E-state index contributed by atoms with van der Waals surface area (Å²) < 4.78 is 50.8. The molecule has 1 aliphatic rings. The van der Waals surface area contributed by atoms with Crippen molar-refractivity contribution < 1.29 is 42.2 Å². The van der Waals surface area contributed by atoms with Crippen LogP contribution in [0.5, 0.6) is 5.75 Å². The topological polar surface area (TPSA) is 80.0 Å². The molecule has 0 saturated carbocycles. The smallest absolute Gasteiger partial charge is 0.406 e. The predicted molar refractivity (Wildman–Crippen MR) is 114 cm³/mol. The molecule has 0 spiro atoms. The van der Waals surface area contributed by atoms with Crippen LogP contribution in [-0.2, 0) is 33.7 Å². The summed E-state index contributed by atoms with van der Waals surface area (Å²) >= 11 is 0. The van der Waals surface area contributed by atoms with Gasteiger partial charge in [0.1, 0.15) is 12.3 Å². The van der Waals surface area contributed by atoms with Gasteiger partial charge >= 0.3 is 12.1 Å². The number of hydrogen-bond acceptors (Lipinski definition) is 5. The number of methoxy groups -OCH3 is 1. The van der Waals surface area contributed by atoms with E-state index in [-0.39, 0.29) is 19.4 Å². The molecular formula is C24H28F3N2O5+. The fraction of sp³-hybridized carbons (Fsp3) is 0.458. The zero-order valence-corrected chi connectivity index (χ0v) is 18.9. The highest BCUT2D eigenvalue weighted by Gasteiger charge is 2.38. The van der Waals surface area contributed by atoms with Gasteiger partial charge in [-0.25, -0.2) is 0 Å². The normalized spacial score (nSPS) is 16.1. The molecule has 0 radical (unpaired) electrons. The molecule has 10 heteroatoms. The first kappa shape index (κ1) is 25.3. The molecule has 0 unspecified atom stereocenters. The van der Waals surface area contributed by atoms with Gasteiger partial charge in [0, 0.05) is 29.8 Å². The number of rotatable bonds is 9. The number of halogens is 3. The molecule has 7 nitrogen and oxygen atoms in total. The minimum Gasteiger partial charge on any atom is -0.494 e. The van der Waals surface area contributed by atoms with Crippen molar-refractivity contribution in [3.05, 3.63) is 59.4 Å². The average Bonchev–Trinajstić information content (AvgIpc) is 2.90. The number of amides is 1. The highest BCUT2D eigenvalue weighted by atomic mass is 19.4. The van der Waals surface area contributed by atoms with Gasteiger partial charge in [-0.1, -0.05) is 6.07 Å². The van der Waals surface area contributed by atoms with Crippen molar-refractivity contribution in [3.8, 4) is 5.75 Å². The molecule has 0 saturated heterocycles. The summed E-state index contributed by atoms with van der Waals surface area (Å²) in [5.74, 6) is -1.78. The zero-order chi connectivity index (χ0) is 24.7. The standard InChI is InChI=1S/C24H28F3N2O5/c1-33-22(30)14-18-12-17-8-9-21(13-19(17)15-28(23(18)31)16-24(25,26)27)34-11-5-3-7-20-6-2-4-10-29(20)32/h2,4,6,8-10,13,18,32H,3,5,7,11-12,14-16H2,1H3/q+1/t18-/m0/s1. The van der Waals surface area contributed by atoms with Gasteiger partial charge in [-0.05, 0) is 48.6 Å². The van der Waals surface area contributed by atoms with Gasteiger partial charge in [0.2, 0.25) is 17.8 Å². The minimum absolute atomic E-state index is 0.149. The summed E-state index contributed by atoms with van der Waals surface area (Å²) in [4.78, 5) is 25.2. The van der Waals surface area contributed by atoms with E-state index >= 15 is 0 Å². The number of hydrogen-bond donors (Lipinski definition) is 1. The quantitative estimate of drug-likeness (QED) is 0.258. The Labute approximate surface area is 195 Å². The maximum atomic E-state index is 13.1. The second kappa shape index (κ2) is 11.2. The lowest BCUT2D eigenvalue weighted by Crippen LogP contribution is -2.41. The molecule has 1 amide bonds. The predicted octanol–water partition coefficient (Wildman–Crippen LogP) is 3.24. The summed E-state index contributed by atoms with van der Waals surface area (Å²) in [5.41, 5.74) is 2.05. The Morgan fingerprint density at radius 2 is 2.00 bits per heavy atom. The molecule has 0 fully saturated rings. The van der Waals surface area contributed by atoms with Crippen LogP contribution in [0.3, 0.4) is 0 Å². The molecular weight excluding hydrogens is 453 g/mol. The SMILES string of the molecule is COC(=O)C[C@@H]1Cc2ccc(OCCCCc3cccc[n+]3O)cc2CN(CC(F)(F)F)C1=O. The molecule has 2 heterocycles. The van der Waals surface area contributed by atoms with Gasteiger partial charge in [0.15, 0.2) is 0 Å². The lowest BCUT2D eigenvalue weighted by atomic mass is 9.94. The summed E-state index contributed by atoms with van der Waals surface area (Å²) in [6.07, 6.45) is -0.974. The van der Waals surface area contributed by atoms with Crippen LogP contribution >= 0.6 is 0 Å². The second-order valence-electron chi connectivity index (χ2n) is 8.26. The molecule has 1 aromatic heterocycles. The first-order chi connectivity index (χ1) is 16.2. The lowest BCUT2D eigenvalue weighted by Gasteiger charge is -2.25. The Morgan fingerprint density at radius 1 is 1.21 bits per heavy atom. The van der Waals surface area contributed by atoms with Gasteiger partial charge in [0.25, 0.3) is 0 Å². The van der Waals surface area contributed by atoms with Crippen LogP contribution in [-0.4, -0.2) is 48.4 Å². The number of nitrogens with zero attached hydrogens (tertiary/aromatic N) is 2. The van der Waals surface area contributed by atoms with E-state index in [1.165, 1.54) is 7.11 Å². The molecule has 1 N–H and O–H groups in total. The van der Waals surface area contributed by atoms with Crippen LogP contribution in [0.4, 0.5) is 13.2 Å². The molecule has 2 aromatic rings. The van der Waals surface area contributed by atoms with Gasteiger partial charge in [-0.3, -0.25) is 14.8 Å². The third-order valence-electron chi connectivity index (χ3n) is 5.69. The van der Waals surface area contributed by atoms with E-state index in [0.29, 0.717) is 36.3 Å². The highest BCUT2D eigenvalue weighted by Crippen LogP contribution is 2.30. The first-order valence-electron chi connectivity index (χ1n) is 11.0. The van der Waals surface area contributed by atoms with Crippen molar-refractivity contribution in [2.45, 2.75) is 44.8 Å². The van der Waals surface area contributed by atoms with Crippen molar-refractivity contribution in [1.29, 1.82) is 0 Å². The Morgan fingerprint density at radius 3 is 2.71 bits per heavy atom. The number of unbranched alkanes of at least 4 members (excludes halogenated alkanes) is 1. The summed E-state index contributed by atoms with van der Waals surface area (Å²) in [7, 11) is 1.18. The number of aryl methyl sites for hydroxylation is 1. The van der Waals surface area contributed by atoms with Gasteiger partial charge < -0.3 is 14.4 Å². The van der Waals surface area contributed by atoms with Gasteiger partial charge in [0.05, 0.1) is 26.1 Å². The number of aromatic nitrogens is 1. The van der Waals surface area contributed by atoms with Gasteiger partial charge in [-0.2, -0.15) is 13.2 Å². The molecule has 0 aliphatic carbocycles. The Bertz CT molecular complexity index is 1010. The molecule has 3 rings (SSSR count). The van der Waals surface area contributed by atoms with Gasteiger partial charge in [-0.15, -0.1) is 0 Å². The number of carbonyl (C=O) groups is 2. The third kappa shape index (κ3) is 7.10. The van der Waals surface area contributed by atoms with Crippen LogP contribution < -0.4 is 9.47 Å². The number of pyridine rings is 1. The van der Waals surface area contributed by atoms with Crippen molar-refractivity contribution >= 4 is 11.9 Å². The number of benzene rings is 1. The highest BCUT2D eigenvalue weighted by molar-refractivity contribution is 5.84. The Balaban J connectivity index is 1.65. The Kier molecular flexibility index (Phi) is 8.36. The van der Waals surface area contributed by atoms with Crippen LogP contribution in [0.15, 0.2) is 42.6 Å². The summed E-state index contributed by atoms with van der Waals surface area (Å²) in [6.45, 7) is -1.21. The zero-order valence-electron chi connectivity index (χ0n) is 18.9. The van der Waals surface area contributed by atoms with Crippen molar-refractivity contribution in [2.75, 3.05) is 20.3 Å². The van der Waals surface area contributed by atoms with Crippen molar-refractivity contribution in [2.24, 2.45) is 5.92 Å². The van der Waals surface area contributed by atoms with E-state index < -0.39 is 30.5 Å². The monoisotopic (exact) mass is 481 g/mol. The van der Waals surface area contributed by atoms with E-state index in [1.54, 1.807) is 30.5 Å². The fourth-order valence-electron chi connectivity index (χ4n) is 3.99. The minimum atomic E-state index is -4.56. The van der Waals surface area contributed by atoms with Crippen LogP contribution in [0.2, 0.25) is 0 Å². The number of carbonyl (C=O) groups excluding carboxylic acids is 2. The molecule has 1 aliphatic heterocycles. The fourth-order valence-corrected chi connectivity index (χ4v) is 3.99. The van der Waals surface area contributed by atoms with Crippen molar-refractivity contribution in [3.63, 3.8) is 0 Å². The molecule has 0 bridgehead atoms. The van der Waals surface area contributed by atoms with Crippen molar-refractivity contribution in [1.82, 2.24) is 4.90 Å². The Hall–Kier alpha value is -3.30. The van der Waals surface area contributed by atoms with E-state index in [4.69, 9.17) is 4.74 Å². The number of fused-ring (bicyclic) bond motifs is 1. The first-order valence-corrected chi connectivity index (χ1v) is 11.0. The van der Waals surface area contributed by atoms with E-state index in [1.807, 2.05) is 12.1 Å². The van der Waals surface area contributed by atoms with E-state index in [0.717, 1.165) is 21.7 Å². The van der Waals surface area contributed by atoms with Crippen LogP contribution in [0.1, 0.15) is 36.1 Å². The molecule has 1 aromatic carbocycles. The molecule has 1 atom stereocenters. The maximum absolute atomic E-state index is 13.1. The summed E-state index contributed by atoms with van der Waals surface area (Å²) in [6, 6.07) is 10.5. The van der Waals surface area contributed by atoms with E-state index in [2.05, 4.69) is 4.74 Å². The van der Waals surface area contributed by atoms with Crippen LogP contribution in [0.25, 0.3) is 0 Å². The molecule has 184 valence electrons. The van der Waals surface area contributed by atoms with E-state index in [9.17, 15) is 28.0 Å². The maximum Gasteiger partial charge on any atom is 0.406 e.